The lowest BCUT2D eigenvalue weighted by Gasteiger charge is -2.63. The van der Waals surface area contributed by atoms with Crippen LogP contribution in [0.4, 0.5) is 8.78 Å². The van der Waals surface area contributed by atoms with Crippen LogP contribution in [0.1, 0.15) is 183 Å². The molecule has 3 aliphatic heterocycles. The van der Waals surface area contributed by atoms with Crippen LogP contribution in [-0.2, 0) is 114 Å². The predicted octanol–water partition coefficient (Wildman–Crippen LogP) is 2.97. The molecule has 6 aliphatic carbocycles. The number of unbranched alkanes of at least 4 members (excludes halogenated alkanes) is 1. The average molecular weight is 1980 g/mol. The quantitative estimate of drug-likeness (QED) is 0.0307. The number of ketones is 2. The van der Waals surface area contributed by atoms with Crippen molar-refractivity contribution in [2.45, 2.75) is 249 Å². The number of halogens is 2. The van der Waals surface area contributed by atoms with Gasteiger partial charge >= 0.3 is 0 Å². The molecular formula is C97H166F2N15O25+. The zero-order valence-electron chi connectivity index (χ0n) is 84.2. The van der Waals surface area contributed by atoms with Crippen molar-refractivity contribution in [1.29, 1.82) is 0 Å². The largest absolute Gasteiger partial charge is 0.390 e. The van der Waals surface area contributed by atoms with E-state index in [0.29, 0.717) is 196 Å². The molecule has 792 valence electrons. The summed E-state index contributed by atoms with van der Waals surface area (Å²) in [5, 5.41) is 39.0. The molecule has 0 aromatic heterocycles. The van der Waals surface area contributed by atoms with Crippen molar-refractivity contribution in [3.63, 3.8) is 0 Å². The number of ether oxygens (including phenoxy) is 15. The van der Waals surface area contributed by atoms with Gasteiger partial charge in [-0.05, 0) is 140 Å². The van der Waals surface area contributed by atoms with Crippen molar-refractivity contribution in [3.05, 3.63) is 46.6 Å². The minimum Gasteiger partial charge on any atom is -0.390 e. The Labute approximate surface area is 819 Å². The Hall–Kier alpha value is -7.15. The Kier molecular flexibility index (Phi) is 50.3. The number of amides is 7. The molecule has 0 spiro atoms. The Balaban J connectivity index is 0.678. The number of nitrogens with one attached hydrogen (secondary N) is 12. The highest BCUT2D eigenvalue weighted by Gasteiger charge is 2.80. The smallest absolute Gasteiger partial charge is 0.246 e. The van der Waals surface area contributed by atoms with Crippen molar-refractivity contribution in [2.75, 3.05) is 239 Å². The zero-order chi connectivity index (χ0) is 100. The van der Waals surface area contributed by atoms with Gasteiger partial charge < -0.3 is 134 Å². The number of carbonyl (C=O) groups excluding carboxylic acids is 9. The van der Waals surface area contributed by atoms with E-state index in [0.717, 1.165) is 98.5 Å². The van der Waals surface area contributed by atoms with Gasteiger partial charge in [0.1, 0.15) is 43.1 Å². The number of hydrazine groups is 4. The van der Waals surface area contributed by atoms with Crippen molar-refractivity contribution in [2.24, 2.45) is 28.6 Å². The molecule has 13 N–H and O–H groups in total. The van der Waals surface area contributed by atoms with Crippen LogP contribution < -0.4 is 64.5 Å². The summed E-state index contributed by atoms with van der Waals surface area (Å²) in [4.78, 5) is 122. The van der Waals surface area contributed by atoms with Crippen molar-refractivity contribution in [1.82, 2.24) is 74.5 Å². The normalized spacial score (nSPS) is 25.6. The third-order valence-electron chi connectivity index (χ3n) is 27.3. The number of nitrogens with zero attached hydrogens (tertiary/aromatic N) is 3. The predicted molar refractivity (Wildman–Crippen MR) is 509 cm³/mol. The molecular weight excluding hydrogens is 1810 g/mol. The van der Waals surface area contributed by atoms with Crippen LogP contribution in [0.5, 0.6) is 0 Å². The molecule has 139 heavy (non-hydrogen) atoms. The summed E-state index contributed by atoms with van der Waals surface area (Å²) in [7, 11) is 8.11. The van der Waals surface area contributed by atoms with Gasteiger partial charge in [0.15, 0.2) is 29.1 Å². The summed E-state index contributed by atoms with van der Waals surface area (Å²) in [5.41, 5.74) is 10.1. The summed E-state index contributed by atoms with van der Waals surface area (Å²) in [6.07, 6.45) is 9.68. The van der Waals surface area contributed by atoms with Crippen molar-refractivity contribution < 1.29 is 133 Å². The number of carbonyl (C=O) groups is 9. The van der Waals surface area contributed by atoms with E-state index >= 15 is 13.6 Å². The summed E-state index contributed by atoms with van der Waals surface area (Å²) >= 11 is 0. The van der Waals surface area contributed by atoms with Gasteiger partial charge in [-0.1, -0.05) is 65.9 Å². The fraction of sp³-hybridized carbons (Fsp3) is 0.825. The number of aliphatic hydroxyl groups is 1. The highest BCUT2D eigenvalue weighted by atomic mass is 19.1. The maximum atomic E-state index is 18.2. The van der Waals surface area contributed by atoms with E-state index in [9.17, 15) is 43.5 Å². The molecule has 15 atom stereocenters. The first-order chi connectivity index (χ1) is 67.0. The molecule has 0 bridgehead atoms. The summed E-state index contributed by atoms with van der Waals surface area (Å²) in [5.74, 6) is -6.71. The summed E-state index contributed by atoms with van der Waals surface area (Å²) in [6.45, 7) is 21.8. The first-order valence-corrected chi connectivity index (χ1v) is 50.9. The van der Waals surface area contributed by atoms with E-state index in [4.69, 9.17) is 71.1 Å². The number of hydrogen-bond acceptors (Lipinski definition) is 32. The number of hydrogen-bond donors (Lipinski definition) is 13. The molecule has 3 saturated carbocycles. The molecule has 0 aromatic carbocycles. The lowest BCUT2D eigenvalue weighted by atomic mass is 9.44. The van der Waals surface area contributed by atoms with Gasteiger partial charge in [-0.2, -0.15) is 0 Å². The van der Waals surface area contributed by atoms with E-state index < -0.39 is 124 Å². The minimum atomic E-state index is -2.43. The van der Waals surface area contributed by atoms with Crippen LogP contribution in [-0.4, -0.2) is 378 Å². The van der Waals surface area contributed by atoms with Gasteiger partial charge in [-0.3, -0.25) is 53.2 Å². The molecule has 40 nitrogen and oxygen atoms in total. The van der Waals surface area contributed by atoms with Crippen LogP contribution in [0, 0.1) is 28.6 Å². The van der Waals surface area contributed by atoms with Gasteiger partial charge in [-0.15, -0.1) is 11.1 Å². The van der Waals surface area contributed by atoms with E-state index in [-0.39, 0.29) is 114 Å². The van der Waals surface area contributed by atoms with Gasteiger partial charge in [0, 0.05) is 62.3 Å². The van der Waals surface area contributed by atoms with Crippen LogP contribution in [0.25, 0.3) is 0 Å². The average Bonchev–Trinajstić information content (AvgIpc) is 1.52. The van der Waals surface area contributed by atoms with Crippen LogP contribution in [0.2, 0.25) is 0 Å². The van der Waals surface area contributed by atoms with Crippen LogP contribution >= 0.6 is 0 Å². The molecule has 3 unspecified atom stereocenters. The third kappa shape index (κ3) is 35.4. The number of allylic oxidation sites excluding steroid dienone is 6. The fourth-order valence-electron chi connectivity index (χ4n) is 19.8. The molecule has 4 fully saturated rings. The van der Waals surface area contributed by atoms with E-state index in [1.54, 1.807) is 20.8 Å². The first-order valence-electron chi connectivity index (χ1n) is 50.9. The SMILES string of the molecule is CCCC1O[C@@H]2C[C@H]3[C@@H]4C[C@H](F)C5=CC(=O)C=C[C@]5(C)[C@@]4(F)[C@@H](O)C[C@]3(C)[C@]2(C(=O)CNC(=O)[C@H](C)NC(=O)[C@@H](NC(=O)[C@@H](CCCCNC(=O)COC2CCCCCC3=C2NNN3CCOCCOCCOCCOCCC(=O)NCC[N+](C)(C)C)NC(=O)CCOCCOCCOCCOCCNC(=O)CCCOC2CCCCCC3=C2NNN3CCOCCOCCOCCNC)C(C)C)O1. The highest BCUT2D eigenvalue weighted by Crippen LogP contribution is 2.72. The lowest BCUT2D eigenvalue weighted by Crippen LogP contribution is -2.71. The minimum absolute atomic E-state index is 0.0211. The second-order valence-corrected chi connectivity index (χ2v) is 38.9. The summed E-state index contributed by atoms with van der Waals surface area (Å²) < 4.78 is 124. The van der Waals surface area contributed by atoms with Crippen molar-refractivity contribution >= 4 is 52.9 Å². The first kappa shape index (κ1) is 115. The maximum absolute atomic E-state index is 18.2. The number of fused-ring (bicyclic) bond motifs is 7. The second-order valence-electron chi connectivity index (χ2n) is 38.9. The second kappa shape index (κ2) is 60.6. The molecule has 1 saturated heterocycles. The van der Waals surface area contributed by atoms with E-state index in [1.165, 1.54) is 31.7 Å². The van der Waals surface area contributed by atoms with Crippen LogP contribution in [0.15, 0.2) is 46.6 Å². The molecule has 9 aliphatic rings. The Morgan fingerprint density at radius 1 is 0.568 bits per heavy atom. The molecule has 0 aromatic rings. The van der Waals surface area contributed by atoms with E-state index in [2.05, 4.69) is 90.6 Å². The van der Waals surface area contributed by atoms with Crippen LogP contribution in [0.3, 0.4) is 0 Å². The fourth-order valence-corrected chi connectivity index (χ4v) is 19.8. The van der Waals surface area contributed by atoms with Gasteiger partial charge in [0.25, 0.3) is 0 Å². The molecule has 7 amide bonds. The number of rotatable bonds is 70. The Morgan fingerprint density at radius 3 is 1.65 bits per heavy atom. The maximum Gasteiger partial charge on any atom is 0.246 e. The molecule has 0 radical (unpaired) electrons. The number of aliphatic hydroxyl groups excluding tert-OH is 1. The molecule has 9 rings (SSSR count). The standard InChI is InChI=1S/C97H165F2N15O25/c1-11-21-87-138-82-64-71-72-63-74(98)73-62-70(115)28-31-94(73,5)96(72,99)80(116)65-95(71,6)97(82,139-87)81(117)66-104-91(122)69(4)105-93(124)88(68(2)3)107-92(123)75(22-18-19-32-101-86(121)67-137-79-26-17-13-15-24-77-90(79)109-111-113(77)37-45-130-51-57-135-61-59-131-52-46-125-40-29-84(119)102-33-38-114(8,9)10)106-85(120)30-41-126-47-53-132-58-60-134-55-49-128-43-35-103-83(118)27-20-39-136-78-25-16-12-14-23-76-89(78)108-110-112(76)36-44-129-50-56-133-54-48-127-42-34-100-7/h28,31,62,68-69,71-72,74-75,78-80,82,87-88,100,108-111,116H,11-27,29-30,32-61,63-67H2,1-10H3,(H6-,101,102,103,104,105,106,107,118,119,120,121,122,123,124)/p+1/t69-,71-,72-,74-,75+,78?,79?,80-,82+,87?,88-,94-,95-,96-,97+/m0/s1. The summed E-state index contributed by atoms with van der Waals surface area (Å²) in [6, 6.07) is -3.70. The highest BCUT2D eigenvalue weighted by molar-refractivity contribution is 6.01. The van der Waals surface area contributed by atoms with E-state index in [1.807, 2.05) is 19.0 Å². The van der Waals surface area contributed by atoms with Crippen molar-refractivity contribution in [3.8, 4) is 0 Å². The van der Waals surface area contributed by atoms with Gasteiger partial charge in [0.2, 0.25) is 41.4 Å². The number of Topliss-reactive ketones (excluding diaryl/α,β-unsaturated/α-hetero) is 1. The monoisotopic (exact) mass is 1980 g/mol. The number of likely N-dealkylation sites (N-methyl/N-ethyl adjacent to an activating group) is 2. The molecule has 3 heterocycles. The Bertz CT molecular complexity index is 3930. The van der Waals surface area contributed by atoms with Gasteiger partial charge in [-0.25, -0.2) is 8.78 Å². The van der Waals surface area contributed by atoms with Gasteiger partial charge in [0.05, 0.1) is 234 Å². The zero-order valence-corrected chi connectivity index (χ0v) is 84.2. The number of alkyl halides is 2. The third-order valence-corrected chi connectivity index (χ3v) is 27.3. The topological polar surface area (TPSA) is 463 Å². The molecule has 42 heteroatoms. The number of quaternary nitrogens is 1. The lowest BCUT2D eigenvalue weighted by molar-refractivity contribution is -0.869. The Morgan fingerprint density at radius 2 is 1.09 bits per heavy atom.